The maximum absolute atomic E-state index is 13.4. The molecule has 0 N–H and O–H groups in total. The fourth-order valence-corrected chi connectivity index (χ4v) is 3.35. The number of thiazole rings is 1. The molecule has 3 rings (SSSR count). The van der Waals surface area contributed by atoms with Gasteiger partial charge in [-0.1, -0.05) is 11.3 Å². The molecular weight excluding hydrogens is 334 g/mol. The lowest BCUT2D eigenvalue weighted by Crippen LogP contribution is -2.19. The van der Waals surface area contributed by atoms with Crippen molar-refractivity contribution in [2.45, 2.75) is 6.54 Å². The number of carbonyl (C=O) groups is 1. The van der Waals surface area contributed by atoms with Crippen molar-refractivity contribution in [2.24, 2.45) is 4.99 Å². The summed E-state index contributed by atoms with van der Waals surface area (Å²) in [6.45, 7) is 0.915. The number of methoxy groups -OCH3 is 1. The van der Waals surface area contributed by atoms with E-state index in [-0.39, 0.29) is 5.82 Å². The van der Waals surface area contributed by atoms with Crippen LogP contribution in [0.2, 0.25) is 0 Å². The fraction of sp³-hybridized carbons (Fsp3) is 0.176. The van der Waals surface area contributed by atoms with Crippen LogP contribution in [0.15, 0.2) is 47.5 Å². The Morgan fingerprint density at radius 2 is 1.88 bits per heavy atom. The summed E-state index contributed by atoms with van der Waals surface area (Å²) in [5.41, 5.74) is 1.07. The van der Waals surface area contributed by atoms with E-state index >= 15 is 0 Å². The number of halogens is 2. The van der Waals surface area contributed by atoms with Gasteiger partial charge in [0.2, 0.25) is 0 Å². The summed E-state index contributed by atoms with van der Waals surface area (Å²) < 4.78 is 34.0. The predicted octanol–water partition coefficient (Wildman–Crippen LogP) is 3.37. The molecule has 0 radical (unpaired) electrons. The molecule has 1 amide bonds. The van der Waals surface area contributed by atoms with Gasteiger partial charge >= 0.3 is 0 Å². The summed E-state index contributed by atoms with van der Waals surface area (Å²) in [6.07, 6.45) is 0. The summed E-state index contributed by atoms with van der Waals surface area (Å²) in [6, 6.07) is 9.61. The maximum atomic E-state index is 13.4. The Labute approximate surface area is 140 Å². The molecule has 0 saturated heterocycles. The van der Waals surface area contributed by atoms with Gasteiger partial charge in [-0.2, -0.15) is 4.99 Å². The maximum Gasteiger partial charge on any atom is 0.279 e. The first-order valence-corrected chi connectivity index (χ1v) is 8.02. The Kier molecular flexibility index (Phi) is 4.82. The van der Waals surface area contributed by atoms with Crippen LogP contribution >= 0.6 is 11.3 Å². The molecule has 1 heterocycles. The number of ether oxygens (including phenoxy) is 1. The molecule has 124 valence electrons. The lowest BCUT2D eigenvalue weighted by molar-refractivity contribution is 0.0997. The van der Waals surface area contributed by atoms with Crippen LogP contribution in [-0.2, 0) is 11.3 Å². The van der Waals surface area contributed by atoms with E-state index in [0.717, 1.165) is 5.52 Å². The first-order valence-electron chi connectivity index (χ1n) is 7.21. The SMILES string of the molecule is COCCn1c(=NC(=O)c2ccc(F)cc2)sc2cc(F)ccc21. The molecule has 0 unspecified atom stereocenters. The van der Waals surface area contributed by atoms with E-state index in [9.17, 15) is 13.6 Å². The molecule has 0 fully saturated rings. The zero-order valence-electron chi connectivity index (χ0n) is 12.8. The summed E-state index contributed by atoms with van der Waals surface area (Å²) in [4.78, 5) is 16.9. The predicted molar refractivity (Wildman–Crippen MR) is 87.9 cm³/mol. The number of aromatic nitrogens is 1. The third-order valence-electron chi connectivity index (χ3n) is 3.45. The van der Waals surface area contributed by atoms with Gasteiger partial charge < -0.3 is 9.30 Å². The van der Waals surface area contributed by atoms with Crippen molar-refractivity contribution < 1.29 is 18.3 Å². The van der Waals surface area contributed by atoms with E-state index in [0.29, 0.717) is 28.2 Å². The van der Waals surface area contributed by atoms with Crippen molar-refractivity contribution in [1.82, 2.24) is 4.57 Å². The molecule has 0 aliphatic rings. The van der Waals surface area contributed by atoms with E-state index in [2.05, 4.69) is 4.99 Å². The van der Waals surface area contributed by atoms with Crippen molar-refractivity contribution in [3.63, 3.8) is 0 Å². The highest BCUT2D eigenvalue weighted by Crippen LogP contribution is 2.18. The number of fused-ring (bicyclic) bond motifs is 1. The third-order valence-corrected chi connectivity index (χ3v) is 4.49. The quantitative estimate of drug-likeness (QED) is 0.726. The highest BCUT2D eigenvalue weighted by molar-refractivity contribution is 7.16. The number of amides is 1. The van der Waals surface area contributed by atoms with Crippen LogP contribution in [0.3, 0.4) is 0 Å². The molecule has 2 aromatic carbocycles. The van der Waals surface area contributed by atoms with E-state index in [4.69, 9.17) is 4.74 Å². The van der Waals surface area contributed by atoms with Gasteiger partial charge in [0, 0.05) is 19.2 Å². The van der Waals surface area contributed by atoms with Crippen molar-refractivity contribution in [3.05, 3.63) is 64.5 Å². The van der Waals surface area contributed by atoms with Crippen molar-refractivity contribution in [3.8, 4) is 0 Å². The van der Waals surface area contributed by atoms with Crippen molar-refractivity contribution in [1.29, 1.82) is 0 Å². The average Bonchev–Trinajstić information content (AvgIpc) is 2.89. The fourth-order valence-electron chi connectivity index (χ4n) is 2.27. The van der Waals surface area contributed by atoms with Crippen LogP contribution in [0.25, 0.3) is 10.2 Å². The smallest absolute Gasteiger partial charge is 0.279 e. The van der Waals surface area contributed by atoms with E-state index in [1.54, 1.807) is 13.2 Å². The standard InChI is InChI=1S/C17H14F2N2O2S/c1-23-9-8-21-14-7-6-13(19)10-15(14)24-17(21)20-16(22)11-2-4-12(18)5-3-11/h2-7,10H,8-9H2,1H3. The molecular formula is C17H14F2N2O2S. The summed E-state index contributed by atoms with van der Waals surface area (Å²) >= 11 is 1.22. The molecule has 0 atom stereocenters. The molecule has 24 heavy (non-hydrogen) atoms. The molecule has 0 saturated carbocycles. The van der Waals surface area contributed by atoms with E-state index in [1.165, 1.54) is 47.7 Å². The highest BCUT2D eigenvalue weighted by Gasteiger charge is 2.10. The number of carbonyl (C=O) groups excluding carboxylic acids is 1. The first-order chi connectivity index (χ1) is 11.6. The topological polar surface area (TPSA) is 43.6 Å². The normalized spacial score (nSPS) is 12.0. The van der Waals surface area contributed by atoms with Crippen LogP contribution in [0.1, 0.15) is 10.4 Å². The number of hydrogen-bond acceptors (Lipinski definition) is 3. The average molecular weight is 348 g/mol. The van der Waals surface area contributed by atoms with Crippen LogP contribution < -0.4 is 4.80 Å². The Morgan fingerprint density at radius 3 is 2.58 bits per heavy atom. The lowest BCUT2D eigenvalue weighted by Gasteiger charge is -2.04. The first kappa shape index (κ1) is 16.5. The summed E-state index contributed by atoms with van der Waals surface area (Å²) in [7, 11) is 1.58. The number of nitrogens with zero attached hydrogens (tertiary/aromatic N) is 2. The minimum atomic E-state index is -0.479. The molecule has 0 bridgehead atoms. The van der Waals surface area contributed by atoms with Gasteiger partial charge in [0.15, 0.2) is 4.80 Å². The Morgan fingerprint density at radius 1 is 1.17 bits per heavy atom. The van der Waals surface area contributed by atoms with Gasteiger partial charge in [0.25, 0.3) is 5.91 Å². The van der Waals surface area contributed by atoms with Crippen LogP contribution in [0.4, 0.5) is 8.78 Å². The largest absolute Gasteiger partial charge is 0.383 e. The van der Waals surface area contributed by atoms with Gasteiger partial charge in [-0.15, -0.1) is 0 Å². The van der Waals surface area contributed by atoms with Crippen LogP contribution in [-0.4, -0.2) is 24.2 Å². The van der Waals surface area contributed by atoms with Gasteiger partial charge in [-0.25, -0.2) is 8.78 Å². The highest BCUT2D eigenvalue weighted by atomic mass is 32.1. The molecule has 4 nitrogen and oxygen atoms in total. The molecule has 3 aromatic rings. The second kappa shape index (κ2) is 7.02. The number of rotatable bonds is 4. The lowest BCUT2D eigenvalue weighted by atomic mass is 10.2. The van der Waals surface area contributed by atoms with Crippen molar-refractivity contribution >= 4 is 27.5 Å². The zero-order chi connectivity index (χ0) is 17.1. The van der Waals surface area contributed by atoms with Gasteiger partial charge in [0.05, 0.1) is 16.8 Å². The minimum absolute atomic E-state index is 0.290. The Balaban J connectivity index is 2.09. The second-order valence-corrected chi connectivity index (χ2v) is 6.07. The third kappa shape index (κ3) is 3.42. The molecule has 7 heteroatoms. The van der Waals surface area contributed by atoms with Crippen molar-refractivity contribution in [2.75, 3.05) is 13.7 Å². The van der Waals surface area contributed by atoms with E-state index < -0.39 is 11.7 Å². The Hall–Kier alpha value is -2.38. The summed E-state index contributed by atoms with van der Waals surface area (Å²) in [5, 5.41) is 0. The van der Waals surface area contributed by atoms with Gasteiger partial charge in [-0.3, -0.25) is 4.79 Å². The molecule has 1 aromatic heterocycles. The second-order valence-electron chi connectivity index (χ2n) is 5.06. The number of benzene rings is 2. The molecule has 0 aliphatic heterocycles. The minimum Gasteiger partial charge on any atom is -0.383 e. The Bertz CT molecular complexity index is 945. The molecule has 0 aliphatic carbocycles. The van der Waals surface area contributed by atoms with Gasteiger partial charge in [0.1, 0.15) is 11.6 Å². The van der Waals surface area contributed by atoms with Crippen LogP contribution in [0.5, 0.6) is 0 Å². The monoisotopic (exact) mass is 348 g/mol. The van der Waals surface area contributed by atoms with E-state index in [1.807, 2.05) is 4.57 Å². The number of hydrogen-bond donors (Lipinski definition) is 0. The summed E-state index contributed by atoms with van der Waals surface area (Å²) in [5.74, 6) is -1.24. The zero-order valence-corrected chi connectivity index (χ0v) is 13.6. The van der Waals surface area contributed by atoms with Gasteiger partial charge in [-0.05, 0) is 42.5 Å². The molecule has 0 spiro atoms. The van der Waals surface area contributed by atoms with Crippen LogP contribution in [0, 0.1) is 11.6 Å².